The quantitative estimate of drug-likeness (QED) is 0.874. The van der Waals surface area contributed by atoms with E-state index in [-0.39, 0.29) is 17.5 Å². The molecule has 6 heteroatoms. The van der Waals surface area contributed by atoms with Crippen molar-refractivity contribution in [1.82, 2.24) is 10.3 Å². The molecule has 0 bridgehead atoms. The molecular formula is C12H18N2O3S. The van der Waals surface area contributed by atoms with Crippen molar-refractivity contribution in [2.45, 2.75) is 25.4 Å². The third kappa shape index (κ3) is 3.68. The van der Waals surface area contributed by atoms with Crippen molar-refractivity contribution in [1.29, 1.82) is 0 Å². The van der Waals surface area contributed by atoms with E-state index in [1.807, 2.05) is 12.1 Å². The Morgan fingerprint density at radius 2 is 2.11 bits per heavy atom. The lowest BCUT2D eigenvalue weighted by molar-refractivity contribution is 0.394. The molecule has 18 heavy (non-hydrogen) atoms. The van der Waals surface area contributed by atoms with E-state index < -0.39 is 9.84 Å². The Morgan fingerprint density at radius 1 is 1.39 bits per heavy atom. The van der Waals surface area contributed by atoms with Crippen LogP contribution < -0.4 is 10.1 Å². The van der Waals surface area contributed by atoms with Gasteiger partial charge >= 0.3 is 0 Å². The minimum absolute atomic E-state index is 0.265. The van der Waals surface area contributed by atoms with Crippen molar-refractivity contribution >= 4 is 9.84 Å². The summed E-state index contributed by atoms with van der Waals surface area (Å²) in [5, 5.41) is 3.34. The van der Waals surface area contributed by atoms with Crippen molar-refractivity contribution in [3.8, 4) is 5.88 Å². The lowest BCUT2D eigenvalue weighted by atomic mass is 10.1. The molecule has 1 aromatic heterocycles. The van der Waals surface area contributed by atoms with Gasteiger partial charge in [0.05, 0.1) is 24.3 Å². The Hall–Kier alpha value is -1.14. The maximum Gasteiger partial charge on any atom is 0.213 e. The largest absolute Gasteiger partial charge is 0.481 e. The summed E-state index contributed by atoms with van der Waals surface area (Å²) in [6.07, 6.45) is 1.37. The molecule has 0 saturated carbocycles. The summed E-state index contributed by atoms with van der Waals surface area (Å²) in [6, 6.07) is 5.89. The van der Waals surface area contributed by atoms with Crippen LogP contribution in [0.1, 0.15) is 18.5 Å². The summed E-state index contributed by atoms with van der Waals surface area (Å²) in [4.78, 5) is 4.30. The van der Waals surface area contributed by atoms with Gasteiger partial charge in [-0.1, -0.05) is 6.07 Å². The maximum atomic E-state index is 11.3. The number of methoxy groups -OCH3 is 1. The van der Waals surface area contributed by atoms with Crippen LogP contribution in [0, 0.1) is 0 Å². The first-order chi connectivity index (χ1) is 8.59. The molecule has 0 aliphatic carbocycles. The summed E-state index contributed by atoms with van der Waals surface area (Å²) in [6.45, 7) is 0.641. The fourth-order valence-electron chi connectivity index (χ4n) is 2.01. The Morgan fingerprint density at radius 3 is 2.78 bits per heavy atom. The molecule has 100 valence electrons. The van der Waals surface area contributed by atoms with Gasteiger partial charge in [0, 0.05) is 18.7 Å². The number of hydrogen-bond acceptors (Lipinski definition) is 5. The highest BCUT2D eigenvalue weighted by Gasteiger charge is 2.22. The highest BCUT2D eigenvalue weighted by Crippen LogP contribution is 2.13. The van der Waals surface area contributed by atoms with Gasteiger partial charge in [0.15, 0.2) is 0 Å². The molecule has 0 radical (unpaired) electrons. The molecule has 1 saturated heterocycles. The molecule has 5 nitrogen and oxygen atoms in total. The van der Waals surface area contributed by atoms with Crippen LogP contribution in [0.4, 0.5) is 0 Å². The van der Waals surface area contributed by atoms with Gasteiger partial charge in [0.1, 0.15) is 9.84 Å². The zero-order valence-corrected chi connectivity index (χ0v) is 11.2. The van der Waals surface area contributed by atoms with Crippen molar-refractivity contribution in [3.05, 3.63) is 23.9 Å². The third-order valence-electron chi connectivity index (χ3n) is 3.12. The molecule has 1 aromatic rings. The minimum Gasteiger partial charge on any atom is -0.481 e. The maximum absolute atomic E-state index is 11.3. The van der Waals surface area contributed by atoms with E-state index in [2.05, 4.69) is 10.3 Å². The van der Waals surface area contributed by atoms with Gasteiger partial charge in [-0.15, -0.1) is 0 Å². The third-order valence-corrected chi connectivity index (χ3v) is 4.83. The standard InChI is InChI=1S/C12H18N2O3S/c1-17-12-4-2-3-11(14-12)9-13-10-5-7-18(15,16)8-6-10/h2-4,10,13H,5-9H2,1H3. The van der Waals surface area contributed by atoms with Crippen LogP contribution in [0.15, 0.2) is 18.2 Å². The molecule has 1 aliphatic heterocycles. The number of nitrogens with zero attached hydrogens (tertiary/aromatic N) is 1. The molecule has 1 fully saturated rings. The van der Waals surface area contributed by atoms with Crippen LogP contribution in [0.25, 0.3) is 0 Å². The molecule has 0 atom stereocenters. The zero-order valence-electron chi connectivity index (χ0n) is 10.4. The van der Waals surface area contributed by atoms with E-state index in [1.165, 1.54) is 0 Å². The predicted octanol–water partition coefficient (Wildman–Crippen LogP) is 0.757. The van der Waals surface area contributed by atoms with Gasteiger partial charge in [-0.3, -0.25) is 0 Å². The van der Waals surface area contributed by atoms with Crippen LogP contribution >= 0.6 is 0 Å². The monoisotopic (exact) mass is 270 g/mol. The summed E-state index contributed by atoms with van der Waals surface area (Å²) in [5.41, 5.74) is 0.905. The normalized spacial score (nSPS) is 19.6. The molecule has 2 rings (SSSR count). The number of nitrogens with one attached hydrogen (secondary N) is 1. The lowest BCUT2D eigenvalue weighted by Crippen LogP contribution is -2.37. The minimum atomic E-state index is -2.78. The second kappa shape index (κ2) is 5.67. The SMILES string of the molecule is COc1cccc(CNC2CCS(=O)(=O)CC2)n1. The smallest absolute Gasteiger partial charge is 0.213 e. The van der Waals surface area contributed by atoms with Crippen LogP contribution in [-0.4, -0.2) is 38.1 Å². The van der Waals surface area contributed by atoms with Crippen molar-refractivity contribution in [3.63, 3.8) is 0 Å². The Balaban J connectivity index is 1.85. The van der Waals surface area contributed by atoms with Crippen LogP contribution in [0.2, 0.25) is 0 Å². The molecular weight excluding hydrogens is 252 g/mol. The van der Waals surface area contributed by atoms with E-state index in [4.69, 9.17) is 4.74 Å². The fourth-order valence-corrected chi connectivity index (χ4v) is 3.50. The number of aromatic nitrogens is 1. The van der Waals surface area contributed by atoms with Crippen molar-refractivity contribution in [2.75, 3.05) is 18.6 Å². The number of rotatable bonds is 4. The van der Waals surface area contributed by atoms with Gasteiger partial charge in [-0.2, -0.15) is 0 Å². The molecule has 0 amide bonds. The van der Waals surface area contributed by atoms with Crippen LogP contribution in [0.5, 0.6) is 5.88 Å². The average molecular weight is 270 g/mol. The highest BCUT2D eigenvalue weighted by molar-refractivity contribution is 7.91. The van der Waals surface area contributed by atoms with Crippen LogP contribution in [-0.2, 0) is 16.4 Å². The number of hydrogen-bond donors (Lipinski definition) is 1. The highest BCUT2D eigenvalue weighted by atomic mass is 32.2. The molecule has 1 N–H and O–H groups in total. The average Bonchev–Trinajstić information content (AvgIpc) is 2.38. The fraction of sp³-hybridized carbons (Fsp3) is 0.583. The second-order valence-corrected chi connectivity index (χ2v) is 6.78. The van der Waals surface area contributed by atoms with E-state index in [0.29, 0.717) is 25.3 Å². The Bertz CT molecular complexity index is 488. The number of sulfone groups is 1. The van der Waals surface area contributed by atoms with Gasteiger partial charge in [0.25, 0.3) is 0 Å². The first kappa shape index (κ1) is 13.3. The van der Waals surface area contributed by atoms with E-state index in [0.717, 1.165) is 5.69 Å². The van der Waals surface area contributed by atoms with Crippen molar-refractivity contribution in [2.24, 2.45) is 0 Å². The van der Waals surface area contributed by atoms with Gasteiger partial charge in [0.2, 0.25) is 5.88 Å². The summed E-state index contributed by atoms with van der Waals surface area (Å²) in [7, 11) is -1.20. The Kier molecular flexibility index (Phi) is 4.19. The lowest BCUT2D eigenvalue weighted by Gasteiger charge is -2.22. The first-order valence-electron chi connectivity index (χ1n) is 6.03. The van der Waals surface area contributed by atoms with Gasteiger partial charge < -0.3 is 10.1 Å². The number of ether oxygens (including phenoxy) is 1. The molecule has 0 aromatic carbocycles. The summed E-state index contributed by atoms with van der Waals surface area (Å²) >= 11 is 0. The Labute approximate surface area is 107 Å². The molecule has 2 heterocycles. The van der Waals surface area contributed by atoms with E-state index in [9.17, 15) is 8.42 Å². The summed E-state index contributed by atoms with van der Waals surface area (Å²) < 4.78 is 27.7. The van der Waals surface area contributed by atoms with Crippen molar-refractivity contribution < 1.29 is 13.2 Å². The van der Waals surface area contributed by atoms with Crippen LogP contribution in [0.3, 0.4) is 0 Å². The molecule has 1 aliphatic rings. The topological polar surface area (TPSA) is 68.3 Å². The van der Waals surface area contributed by atoms with E-state index >= 15 is 0 Å². The number of pyridine rings is 1. The summed E-state index contributed by atoms with van der Waals surface area (Å²) in [5.74, 6) is 1.17. The zero-order chi connectivity index (χ0) is 13.0. The second-order valence-electron chi connectivity index (χ2n) is 4.48. The van der Waals surface area contributed by atoms with Gasteiger partial charge in [-0.05, 0) is 18.9 Å². The molecule has 0 unspecified atom stereocenters. The van der Waals surface area contributed by atoms with Gasteiger partial charge in [-0.25, -0.2) is 13.4 Å². The van der Waals surface area contributed by atoms with E-state index in [1.54, 1.807) is 13.2 Å². The molecule has 0 spiro atoms. The first-order valence-corrected chi connectivity index (χ1v) is 7.85. The predicted molar refractivity (Wildman–Crippen MR) is 69.3 cm³/mol.